The highest BCUT2D eigenvalue weighted by atomic mass is 16.5. The number of esters is 1. The van der Waals surface area contributed by atoms with Gasteiger partial charge >= 0.3 is 11.9 Å². The Labute approximate surface area is 248 Å². The van der Waals surface area contributed by atoms with E-state index in [0.717, 1.165) is 83.5 Å². The molecule has 0 aromatic heterocycles. The van der Waals surface area contributed by atoms with Crippen molar-refractivity contribution in [3.8, 4) is 0 Å². The van der Waals surface area contributed by atoms with E-state index in [2.05, 4.69) is 50.3 Å². The summed E-state index contributed by atoms with van der Waals surface area (Å²) in [6.07, 6.45) is 40.3. The number of carbonyl (C=O) groups is 2. The monoisotopic (exact) mass is 560 g/mol. The maximum absolute atomic E-state index is 12.5. The summed E-state index contributed by atoms with van der Waals surface area (Å²) in [6, 6.07) is 0. The van der Waals surface area contributed by atoms with Crippen LogP contribution in [-0.2, 0) is 14.3 Å². The Morgan fingerprint density at radius 3 is 1.65 bits per heavy atom. The third-order valence-electron chi connectivity index (χ3n) is 7.34. The molecule has 0 aliphatic heterocycles. The number of ether oxygens (including phenoxy) is 1. The number of hydrogen-bond acceptors (Lipinski definition) is 3. The molecular formula is C36H64O4. The molecule has 232 valence electrons. The summed E-state index contributed by atoms with van der Waals surface area (Å²) in [7, 11) is 0. The number of aliphatic carboxylic acids is 1. The first-order valence-electron chi connectivity index (χ1n) is 17.0. The van der Waals surface area contributed by atoms with Gasteiger partial charge in [0.1, 0.15) is 6.10 Å². The highest BCUT2D eigenvalue weighted by molar-refractivity contribution is 5.69. The Morgan fingerprint density at radius 2 is 1.05 bits per heavy atom. The van der Waals surface area contributed by atoms with Crippen molar-refractivity contribution in [3.63, 3.8) is 0 Å². The minimum absolute atomic E-state index is 0.00889. The Balaban J connectivity index is 3.95. The van der Waals surface area contributed by atoms with Crippen molar-refractivity contribution in [2.24, 2.45) is 0 Å². The fraction of sp³-hybridized carbons (Fsp3) is 0.778. The maximum atomic E-state index is 12.5. The van der Waals surface area contributed by atoms with Gasteiger partial charge in [-0.25, -0.2) is 0 Å². The lowest BCUT2D eigenvalue weighted by atomic mass is 10.1. The molecule has 0 saturated heterocycles. The van der Waals surface area contributed by atoms with E-state index >= 15 is 0 Å². The molecule has 0 spiro atoms. The van der Waals surface area contributed by atoms with Crippen molar-refractivity contribution >= 4 is 11.9 Å². The lowest BCUT2D eigenvalue weighted by Crippen LogP contribution is -2.17. The number of hydrogen-bond donors (Lipinski definition) is 1. The number of carboxylic acids is 1. The molecule has 4 nitrogen and oxygen atoms in total. The summed E-state index contributed by atoms with van der Waals surface area (Å²) in [4.78, 5) is 23.0. The lowest BCUT2D eigenvalue weighted by molar-refractivity contribution is -0.149. The molecule has 0 amide bonds. The number of unbranched alkanes of at least 4 members (excludes halogenated alkanes) is 16. The predicted octanol–water partition coefficient (Wildman–Crippen LogP) is 11.4. The minimum Gasteiger partial charge on any atom is -0.481 e. The molecule has 40 heavy (non-hydrogen) atoms. The van der Waals surface area contributed by atoms with Gasteiger partial charge in [-0.1, -0.05) is 121 Å². The zero-order valence-corrected chi connectivity index (χ0v) is 26.4. The highest BCUT2D eigenvalue weighted by Gasteiger charge is 2.13. The molecule has 0 aromatic carbocycles. The molecule has 0 saturated carbocycles. The zero-order valence-electron chi connectivity index (χ0n) is 26.4. The van der Waals surface area contributed by atoms with E-state index in [1.807, 2.05) is 0 Å². The van der Waals surface area contributed by atoms with Crippen LogP contribution in [0.25, 0.3) is 0 Å². The number of rotatable bonds is 30. The van der Waals surface area contributed by atoms with Gasteiger partial charge in [0.25, 0.3) is 0 Å². The van der Waals surface area contributed by atoms with E-state index in [1.165, 1.54) is 64.2 Å². The summed E-state index contributed by atoms with van der Waals surface area (Å²) >= 11 is 0. The topological polar surface area (TPSA) is 63.6 Å². The fourth-order valence-electron chi connectivity index (χ4n) is 4.78. The Kier molecular flexibility index (Phi) is 30.2. The lowest BCUT2D eigenvalue weighted by Gasteiger charge is -2.16. The second kappa shape index (κ2) is 31.7. The van der Waals surface area contributed by atoms with Gasteiger partial charge in [0.2, 0.25) is 0 Å². The molecule has 0 unspecified atom stereocenters. The molecule has 0 aromatic rings. The van der Waals surface area contributed by atoms with Crippen LogP contribution in [-0.4, -0.2) is 23.1 Å². The molecule has 0 radical (unpaired) electrons. The SMILES string of the molecule is CCCCC/C=C\C/C=C\CCCCCCCC(=O)O[C@@H](C/C=C\CCCCCCCC(=O)O)CCCCCC. The van der Waals surface area contributed by atoms with Crippen molar-refractivity contribution in [2.75, 3.05) is 0 Å². The van der Waals surface area contributed by atoms with Crippen molar-refractivity contribution in [1.82, 2.24) is 0 Å². The molecule has 0 aliphatic carbocycles. The molecule has 0 rings (SSSR count). The maximum Gasteiger partial charge on any atom is 0.306 e. The summed E-state index contributed by atoms with van der Waals surface area (Å²) < 4.78 is 5.89. The fourth-order valence-corrected chi connectivity index (χ4v) is 4.78. The van der Waals surface area contributed by atoms with Crippen LogP contribution in [0.2, 0.25) is 0 Å². The Bertz CT molecular complexity index is 649. The van der Waals surface area contributed by atoms with Gasteiger partial charge in [-0.15, -0.1) is 0 Å². The van der Waals surface area contributed by atoms with Crippen molar-refractivity contribution in [2.45, 2.75) is 180 Å². The minimum atomic E-state index is -0.695. The highest BCUT2D eigenvalue weighted by Crippen LogP contribution is 2.16. The molecule has 0 aliphatic rings. The van der Waals surface area contributed by atoms with Gasteiger partial charge in [0.15, 0.2) is 0 Å². The average molecular weight is 561 g/mol. The first-order chi connectivity index (χ1) is 19.6. The normalized spacial score (nSPS) is 12.7. The van der Waals surface area contributed by atoms with Crippen LogP contribution in [0.4, 0.5) is 0 Å². The Morgan fingerprint density at radius 1 is 0.575 bits per heavy atom. The van der Waals surface area contributed by atoms with Crippen molar-refractivity contribution < 1.29 is 19.4 Å². The van der Waals surface area contributed by atoms with Crippen LogP contribution < -0.4 is 0 Å². The van der Waals surface area contributed by atoms with Gasteiger partial charge < -0.3 is 9.84 Å². The van der Waals surface area contributed by atoms with Crippen molar-refractivity contribution in [3.05, 3.63) is 36.5 Å². The molecule has 0 heterocycles. The molecule has 4 heteroatoms. The van der Waals surface area contributed by atoms with E-state index in [-0.39, 0.29) is 18.5 Å². The van der Waals surface area contributed by atoms with Crippen molar-refractivity contribution in [1.29, 1.82) is 0 Å². The third-order valence-corrected chi connectivity index (χ3v) is 7.34. The number of allylic oxidation sites excluding steroid dienone is 5. The third kappa shape index (κ3) is 30.7. The average Bonchev–Trinajstić information content (AvgIpc) is 2.93. The van der Waals surface area contributed by atoms with Crippen LogP contribution in [0.5, 0.6) is 0 Å². The molecule has 0 fully saturated rings. The van der Waals surface area contributed by atoms with Gasteiger partial charge in [0, 0.05) is 19.3 Å². The van der Waals surface area contributed by atoms with E-state index in [9.17, 15) is 9.59 Å². The smallest absolute Gasteiger partial charge is 0.306 e. The Hall–Kier alpha value is -1.84. The second-order valence-electron chi connectivity index (χ2n) is 11.3. The van der Waals surface area contributed by atoms with E-state index in [4.69, 9.17) is 9.84 Å². The van der Waals surface area contributed by atoms with Gasteiger partial charge in [-0.3, -0.25) is 9.59 Å². The van der Waals surface area contributed by atoms with E-state index in [1.54, 1.807) is 0 Å². The first-order valence-corrected chi connectivity index (χ1v) is 17.0. The van der Waals surface area contributed by atoms with Crippen LogP contribution in [0.15, 0.2) is 36.5 Å². The van der Waals surface area contributed by atoms with Crippen LogP contribution in [0.1, 0.15) is 174 Å². The summed E-state index contributed by atoms with van der Waals surface area (Å²) in [5.74, 6) is -0.722. The standard InChI is InChI=1S/C36H64O4/c1-3-5-7-9-10-11-12-13-14-15-16-17-22-25-29-33-36(39)40-34(30-26-8-6-4-2)31-27-23-20-18-19-21-24-28-32-35(37)38/h10-11,13-14,23,27,34H,3-9,12,15-22,24-26,28-33H2,1-2H3,(H,37,38)/b11-10-,14-13-,27-23-/t34-/m1/s1. The summed E-state index contributed by atoms with van der Waals surface area (Å²) in [6.45, 7) is 4.47. The molecule has 1 N–H and O–H groups in total. The largest absolute Gasteiger partial charge is 0.481 e. The quantitative estimate of drug-likeness (QED) is 0.0539. The van der Waals surface area contributed by atoms with Crippen LogP contribution in [0, 0.1) is 0 Å². The van der Waals surface area contributed by atoms with Gasteiger partial charge in [-0.05, 0) is 70.6 Å². The molecule has 1 atom stereocenters. The van der Waals surface area contributed by atoms with Crippen LogP contribution in [0.3, 0.4) is 0 Å². The first kappa shape index (κ1) is 38.2. The molecular weight excluding hydrogens is 496 g/mol. The zero-order chi connectivity index (χ0) is 29.4. The summed E-state index contributed by atoms with van der Waals surface area (Å²) in [5, 5.41) is 8.69. The van der Waals surface area contributed by atoms with Gasteiger partial charge in [-0.2, -0.15) is 0 Å². The number of carboxylic acid groups (broad SMARTS) is 1. The van der Waals surface area contributed by atoms with Gasteiger partial charge in [0.05, 0.1) is 0 Å². The van der Waals surface area contributed by atoms with E-state index < -0.39 is 5.97 Å². The second-order valence-corrected chi connectivity index (χ2v) is 11.3. The van der Waals surface area contributed by atoms with E-state index in [0.29, 0.717) is 6.42 Å². The molecule has 0 bridgehead atoms. The van der Waals surface area contributed by atoms with Crippen LogP contribution >= 0.6 is 0 Å². The number of carbonyl (C=O) groups excluding carboxylic acids is 1. The predicted molar refractivity (Wildman–Crippen MR) is 172 cm³/mol. The summed E-state index contributed by atoms with van der Waals surface area (Å²) in [5.41, 5.74) is 0.